The molecule has 0 radical (unpaired) electrons. The number of hydrogen-bond acceptors (Lipinski definition) is 1. The highest BCUT2D eigenvalue weighted by Gasteiger charge is 2.10. The maximum Gasteiger partial charge on any atom is 0.0255 e. The fraction of sp³-hybridized carbons (Fsp3) is 0.500. The lowest BCUT2D eigenvalue weighted by molar-refractivity contribution is 0.403. The number of benzene rings is 1. The Morgan fingerprint density at radius 2 is 1.88 bits per heavy atom. The smallest absolute Gasteiger partial charge is 0.0255 e. The van der Waals surface area contributed by atoms with Crippen LogP contribution in [-0.4, -0.2) is 6.04 Å². The lowest BCUT2D eigenvalue weighted by Gasteiger charge is -2.22. The molecule has 1 saturated carbocycles. The predicted octanol–water partition coefficient (Wildman–Crippen LogP) is 4.06. The maximum absolute atomic E-state index is 3.58. The van der Waals surface area contributed by atoms with E-state index in [1.165, 1.54) is 43.2 Å². The van der Waals surface area contributed by atoms with Crippen molar-refractivity contribution in [3.05, 3.63) is 47.7 Å². The van der Waals surface area contributed by atoms with Crippen molar-refractivity contribution >= 4 is 0 Å². The Morgan fingerprint density at radius 3 is 2.59 bits per heavy atom. The van der Waals surface area contributed by atoms with Crippen molar-refractivity contribution in [3.8, 4) is 0 Å². The van der Waals surface area contributed by atoms with Crippen LogP contribution >= 0.6 is 0 Å². The fourth-order valence-electron chi connectivity index (χ4n) is 2.50. The van der Waals surface area contributed by atoms with Crippen molar-refractivity contribution in [3.63, 3.8) is 0 Å². The van der Waals surface area contributed by atoms with E-state index in [0.29, 0.717) is 0 Å². The van der Waals surface area contributed by atoms with Gasteiger partial charge in [0.1, 0.15) is 0 Å². The second-order valence-corrected chi connectivity index (χ2v) is 5.15. The molecule has 0 unspecified atom stereocenters. The van der Waals surface area contributed by atoms with Gasteiger partial charge in [0.25, 0.3) is 0 Å². The van der Waals surface area contributed by atoms with Gasteiger partial charge in [-0.25, -0.2) is 0 Å². The van der Waals surface area contributed by atoms with Crippen molar-refractivity contribution in [2.45, 2.75) is 51.5 Å². The Bertz CT molecular complexity index is 347. The van der Waals surface area contributed by atoms with Crippen molar-refractivity contribution in [1.82, 2.24) is 5.32 Å². The third-order valence-corrected chi connectivity index (χ3v) is 3.50. The molecule has 0 amide bonds. The van der Waals surface area contributed by atoms with E-state index in [4.69, 9.17) is 0 Å². The van der Waals surface area contributed by atoms with Crippen molar-refractivity contribution in [2.24, 2.45) is 0 Å². The van der Waals surface area contributed by atoms with Crippen molar-refractivity contribution < 1.29 is 0 Å². The van der Waals surface area contributed by atoms with E-state index in [9.17, 15) is 0 Å². The van der Waals surface area contributed by atoms with Gasteiger partial charge in [0.15, 0.2) is 0 Å². The summed E-state index contributed by atoms with van der Waals surface area (Å²) in [6.07, 6.45) is 10.2. The highest BCUT2D eigenvalue weighted by Crippen LogP contribution is 2.17. The number of nitrogens with one attached hydrogen (secondary N) is 1. The summed E-state index contributed by atoms with van der Waals surface area (Å²) in [5.41, 5.74) is 2.81. The van der Waals surface area contributed by atoms with Crippen molar-refractivity contribution in [1.29, 1.82) is 0 Å². The minimum absolute atomic E-state index is 0.717. The van der Waals surface area contributed by atoms with Crippen LogP contribution in [-0.2, 0) is 6.42 Å². The molecule has 0 spiro atoms. The first-order chi connectivity index (χ1) is 8.34. The molecule has 1 aromatic carbocycles. The van der Waals surface area contributed by atoms with Crippen molar-refractivity contribution in [2.75, 3.05) is 0 Å². The third-order valence-electron chi connectivity index (χ3n) is 3.50. The minimum atomic E-state index is 0.717. The van der Waals surface area contributed by atoms with E-state index in [0.717, 1.165) is 12.5 Å². The van der Waals surface area contributed by atoms with Crippen LogP contribution in [0.5, 0.6) is 0 Å². The summed E-state index contributed by atoms with van der Waals surface area (Å²) in [5, 5.41) is 3.58. The van der Waals surface area contributed by atoms with Crippen LogP contribution in [0.4, 0.5) is 0 Å². The molecule has 1 N–H and O–H groups in total. The van der Waals surface area contributed by atoms with Gasteiger partial charge in [-0.1, -0.05) is 55.2 Å². The molecule has 1 aliphatic rings. The number of hydrogen-bond donors (Lipinski definition) is 1. The Hall–Kier alpha value is -1.24. The zero-order chi connectivity index (χ0) is 11.9. The molecule has 0 atom stereocenters. The zero-order valence-corrected chi connectivity index (χ0v) is 10.8. The normalized spacial score (nSPS) is 18.1. The van der Waals surface area contributed by atoms with Crippen LogP contribution in [0.3, 0.4) is 0 Å². The van der Waals surface area contributed by atoms with E-state index in [2.05, 4.69) is 48.8 Å². The molecule has 0 aromatic heterocycles. The van der Waals surface area contributed by atoms with Gasteiger partial charge in [-0.05, 0) is 37.9 Å². The molecular formula is C16H23N. The lowest BCUT2D eigenvalue weighted by Crippen LogP contribution is -2.26. The van der Waals surface area contributed by atoms with Gasteiger partial charge in [-0.2, -0.15) is 0 Å². The van der Waals surface area contributed by atoms with Gasteiger partial charge in [0.05, 0.1) is 0 Å². The summed E-state index contributed by atoms with van der Waals surface area (Å²) >= 11 is 0. The van der Waals surface area contributed by atoms with Crippen LogP contribution in [0, 0.1) is 0 Å². The minimum Gasteiger partial charge on any atom is -0.388 e. The van der Waals surface area contributed by atoms with Crippen LogP contribution in [0.1, 0.15) is 44.6 Å². The van der Waals surface area contributed by atoms with Crippen LogP contribution < -0.4 is 5.32 Å². The molecule has 1 nitrogen and oxygen atoms in total. The molecule has 2 rings (SSSR count). The lowest BCUT2D eigenvalue weighted by atomic mass is 9.95. The maximum atomic E-state index is 3.58. The van der Waals surface area contributed by atoms with Gasteiger partial charge in [0, 0.05) is 6.04 Å². The van der Waals surface area contributed by atoms with Gasteiger partial charge in [-0.3, -0.25) is 0 Å². The summed E-state index contributed by atoms with van der Waals surface area (Å²) < 4.78 is 0. The van der Waals surface area contributed by atoms with E-state index >= 15 is 0 Å². The molecule has 92 valence electrons. The van der Waals surface area contributed by atoms with Gasteiger partial charge < -0.3 is 5.32 Å². The zero-order valence-electron chi connectivity index (χ0n) is 10.8. The van der Waals surface area contributed by atoms with Crippen LogP contribution in [0.25, 0.3) is 0 Å². The highest BCUT2D eigenvalue weighted by atomic mass is 14.9. The molecule has 0 saturated heterocycles. The highest BCUT2D eigenvalue weighted by molar-refractivity contribution is 5.20. The van der Waals surface area contributed by atoms with E-state index in [-0.39, 0.29) is 0 Å². The molecular weight excluding hydrogens is 206 g/mol. The summed E-state index contributed by atoms with van der Waals surface area (Å²) in [4.78, 5) is 0. The molecule has 1 fully saturated rings. The summed E-state index contributed by atoms with van der Waals surface area (Å²) in [6, 6.07) is 11.4. The van der Waals surface area contributed by atoms with Gasteiger partial charge >= 0.3 is 0 Å². The first kappa shape index (κ1) is 12.2. The largest absolute Gasteiger partial charge is 0.388 e. The fourth-order valence-corrected chi connectivity index (χ4v) is 2.50. The van der Waals surface area contributed by atoms with Gasteiger partial charge in [0.2, 0.25) is 0 Å². The predicted molar refractivity (Wildman–Crippen MR) is 73.9 cm³/mol. The quantitative estimate of drug-likeness (QED) is 0.821. The first-order valence-electron chi connectivity index (χ1n) is 6.80. The van der Waals surface area contributed by atoms with Crippen LogP contribution in [0.2, 0.25) is 0 Å². The SMILES string of the molecule is CC(=CNC1CCCCC1)Cc1ccccc1. The second-order valence-electron chi connectivity index (χ2n) is 5.15. The number of allylic oxidation sites excluding steroid dienone is 1. The molecule has 0 heterocycles. The van der Waals surface area contributed by atoms with Crippen LogP contribution in [0.15, 0.2) is 42.1 Å². The first-order valence-corrected chi connectivity index (χ1v) is 6.80. The monoisotopic (exact) mass is 229 g/mol. The van der Waals surface area contributed by atoms with E-state index < -0.39 is 0 Å². The average molecular weight is 229 g/mol. The second kappa shape index (κ2) is 6.48. The van der Waals surface area contributed by atoms with E-state index in [1.54, 1.807) is 0 Å². The summed E-state index contributed by atoms with van der Waals surface area (Å²) in [5.74, 6) is 0. The summed E-state index contributed by atoms with van der Waals surface area (Å²) in [6.45, 7) is 2.21. The molecule has 1 aliphatic carbocycles. The standard InChI is InChI=1S/C16H23N/c1-14(12-15-8-4-2-5-9-15)13-17-16-10-6-3-7-11-16/h2,4-5,8-9,13,16-17H,3,6-7,10-12H2,1H3. The van der Waals surface area contributed by atoms with E-state index in [1.807, 2.05) is 0 Å². The Labute approximate surface area is 105 Å². The third kappa shape index (κ3) is 4.26. The summed E-state index contributed by atoms with van der Waals surface area (Å²) in [7, 11) is 0. The molecule has 1 heteroatoms. The molecule has 0 aliphatic heterocycles. The Balaban J connectivity index is 1.80. The molecule has 0 bridgehead atoms. The average Bonchev–Trinajstić information content (AvgIpc) is 2.39. The topological polar surface area (TPSA) is 12.0 Å². The molecule has 1 aromatic rings. The Morgan fingerprint density at radius 1 is 1.18 bits per heavy atom. The Kier molecular flexibility index (Phi) is 4.66. The molecule has 17 heavy (non-hydrogen) atoms. The van der Waals surface area contributed by atoms with Gasteiger partial charge in [-0.15, -0.1) is 0 Å². The number of rotatable bonds is 4.